The van der Waals surface area contributed by atoms with Crippen molar-refractivity contribution in [2.24, 2.45) is 4.99 Å². The van der Waals surface area contributed by atoms with Crippen molar-refractivity contribution in [3.63, 3.8) is 0 Å². The molecular weight excluding hydrogens is 370 g/mol. The number of rotatable bonds is 8. The van der Waals surface area contributed by atoms with Crippen LogP contribution < -0.4 is 10.6 Å². The number of hydrogen-bond acceptors (Lipinski definition) is 3. The van der Waals surface area contributed by atoms with Crippen LogP contribution in [0.2, 0.25) is 5.02 Å². The van der Waals surface area contributed by atoms with E-state index in [-0.39, 0.29) is 6.04 Å². The fraction of sp³-hybridized carbons (Fsp3) is 0.682. The molecule has 1 unspecified atom stereocenters. The van der Waals surface area contributed by atoms with Gasteiger partial charge >= 0.3 is 0 Å². The van der Waals surface area contributed by atoms with Crippen LogP contribution >= 0.6 is 11.6 Å². The number of nitrogens with one attached hydrogen (secondary N) is 2. The summed E-state index contributed by atoms with van der Waals surface area (Å²) in [7, 11) is 1.85. The van der Waals surface area contributed by atoms with Gasteiger partial charge in [0.1, 0.15) is 0 Å². The van der Waals surface area contributed by atoms with E-state index in [9.17, 15) is 0 Å². The summed E-state index contributed by atoms with van der Waals surface area (Å²) < 4.78 is 0. The standard InChI is InChI=1S/C22H38ClN5/c1-6-27(7-2)21(19-10-8-9-11-20(19)23)16-25-22(24-5)26-18-12-14-28(15-13-18)17(3)4/h8-11,17-18,21H,6-7,12-16H2,1-5H3,(H2,24,25,26). The molecule has 0 spiro atoms. The lowest BCUT2D eigenvalue weighted by Gasteiger charge is -2.36. The maximum Gasteiger partial charge on any atom is 0.191 e. The number of guanidine groups is 1. The van der Waals surface area contributed by atoms with Gasteiger partial charge in [-0.05, 0) is 51.4 Å². The Kier molecular flexibility index (Phi) is 9.56. The van der Waals surface area contributed by atoms with Crippen LogP contribution in [0.25, 0.3) is 0 Å². The molecule has 1 saturated heterocycles. The van der Waals surface area contributed by atoms with Gasteiger partial charge in [-0.2, -0.15) is 0 Å². The van der Waals surface area contributed by atoms with Crippen LogP contribution in [0, 0.1) is 0 Å². The highest BCUT2D eigenvalue weighted by Gasteiger charge is 2.23. The van der Waals surface area contributed by atoms with E-state index in [1.165, 1.54) is 5.56 Å². The SMILES string of the molecule is CCN(CC)C(CNC(=NC)NC1CCN(C(C)C)CC1)c1ccccc1Cl. The molecule has 158 valence electrons. The average Bonchev–Trinajstić information content (AvgIpc) is 2.71. The van der Waals surface area contributed by atoms with E-state index in [2.05, 4.69) is 65.3 Å². The summed E-state index contributed by atoms with van der Waals surface area (Å²) >= 11 is 6.52. The minimum Gasteiger partial charge on any atom is -0.354 e. The number of likely N-dealkylation sites (N-methyl/N-ethyl adjacent to an activating group) is 1. The van der Waals surface area contributed by atoms with Crippen molar-refractivity contribution >= 4 is 17.6 Å². The van der Waals surface area contributed by atoms with Gasteiger partial charge in [-0.25, -0.2) is 0 Å². The summed E-state index contributed by atoms with van der Waals surface area (Å²) in [5, 5.41) is 8.00. The zero-order valence-corrected chi connectivity index (χ0v) is 19.0. The van der Waals surface area contributed by atoms with Gasteiger partial charge in [0.15, 0.2) is 5.96 Å². The second kappa shape index (κ2) is 11.6. The molecule has 0 amide bonds. The number of nitrogens with zero attached hydrogens (tertiary/aromatic N) is 3. The molecule has 1 aromatic rings. The Hall–Kier alpha value is -1.30. The molecule has 0 bridgehead atoms. The molecule has 1 fully saturated rings. The van der Waals surface area contributed by atoms with Crippen LogP contribution in [0.3, 0.4) is 0 Å². The Morgan fingerprint density at radius 1 is 1.21 bits per heavy atom. The van der Waals surface area contributed by atoms with Crippen molar-refractivity contribution < 1.29 is 0 Å². The van der Waals surface area contributed by atoms with Crippen LogP contribution in [0.15, 0.2) is 29.3 Å². The predicted octanol–water partition coefficient (Wildman–Crippen LogP) is 3.76. The summed E-state index contributed by atoms with van der Waals surface area (Å²) in [6.45, 7) is 14.0. The Labute approximate surface area is 176 Å². The van der Waals surface area contributed by atoms with Crippen LogP contribution in [0.1, 0.15) is 52.1 Å². The molecule has 0 saturated carbocycles. The average molecular weight is 408 g/mol. The Morgan fingerprint density at radius 3 is 2.39 bits per heavy atom. The number of likely N-dealkylation sites (tertiary alicyclic amines) is 1. The highest BCUT2D eigenvalue weighted by molar-refractivity contribution is 6.31. The second-order valence-electron chi connectivity index (χ2n) is 7.76. The summed E-state index contributed by atoms with van der Waals surface area (Å²) in [6.07, 6.45) is 2.31. The van der Waals surface area contributed by atoms with E-state index in [1.54, 1.807) is 0 Å². The van der Waals surface area contributed by atoms with Crippen LogP contribution in [-0.4, -0.2) is 67.6 Å². The summed E-state index contributed by atoms with van der Waals surface area (Å²) in [5.74, 6) is 0.882. The maximum absolute atomic E-state index is 6.52. The van der Waals surface area contributed by atoms with Crippen LogP contribution in [0.5, 0.6) is 0 Å². The Bertz CT molecular complexity index is 607. The maximum atomic E-state index is 6.52. The van der Waals surface area contributed by atoms with E-state index in [1.807, 2.05) is 19.2 Å². The van der Waals surface area contributed by atoms with Gasteiger partial charge in [0.05, 0.1) is 6.04 Å². The third-order valence-corrected chi connectivity index (χ3v) is 6.15. The topological polar surface area (TPSA) is 42.9 Å². The third kappa shape index (κ3) is 6.36. The van der Waals surface area contributed by atoms with Crippen molar-refractivity contribution in [2.75, 3.05) is 39.8 Å². The lowest BCUT2D eigenvalue weighted by atomic mass is 10.0. The molecule has 1 atom stereocenters. The molecule has 1 heterocycles. The zero-order chi connectivity index (χ0) is 20.5. The molecule has 6 heteroatoms. The third-order valence-electron chi connectivity index (χ3n) is 5.80. The van der Waals surface area contributed by atoms with Gasteiger partial charge in [-0.15, -0.1) is 0 Å². The van der Waals surface area contributed by atoms with Crippen LogP contribution in [-0.2, 0) is 0 Å². The zero-order valence-electron chi connectivity index (χ0n) is 18.2. The highest BCUT2D eigenvalue weighted by atomic mass is 35.5. The predicted molar refractivity (Wildman–Crippen MR) is 121 cm³/mol. The molecule has 1 aromatic carbocycles. The highest BCUT2D eigenvalue weighted by Crippen LogP contribution is 2.27. The van der Waals surface area contributed by atoms with E-state index in [4.69, 9.17) is 11.6 Å². The molecule has 0 aromatic heterocycles. The van der Waals surface area contributed by atoms with Gasteiger partial charge < -0.3 is 15.5 Å². The fourth-order valence-corrected chi connectivity index (χ4v) is 4.25. The molecule has 5 nitrogen and oxygen atoms in total. The molecule has 2 N–H and O–H groups in total. The molecule has 0 aliphatic carbocycles. The first-order valence-corrected chi connectivity index (χ1v) is 11.1. The number of halogens is 1. The summed E-state index contributed by atoms with van der Waals surface area (Å²) in [5.41, 5.74) is 1.17. The lowest BCUT2D eigenvalue weighted by Crippen LogP contribution is -2.51. The van der Waals surface area contributed by atoms with Crippen molar-refractivity contribution in [3.8, 4) is 0 Å². The van der Waals surface area contributed by atoms with Gasteiger partial charge in [0, 0.05) is 43.8 Å². The quantitative estimate of drug-likeness (QED) is 0.508. The molecular formula is C22H38ClN5. The van der Waals surface area contributed by atoms with E-state index in [0.717, 1.165) is 56.5 Å². The molecule has 0 radical (unpaired) electrons. The fourth-order valence-electron chi connectivity index (χ4n) is 3.99. The summed E-state index contributed by atoms with van der Waals surface area (Å²) in [6, 6.07) is 9.48. The van der Waals surface area contributed by atoms with E-state index < -0.39 is 0 Å². The normalized spacial score (nSPS) is 17.9. The monoisotopic (exact) mass is 407 g/mol. The second-order valence-corrected chi connectivity index (χ2v) is 8.17. The number of aliphatic imine (C=N–C) groups is 1. The summed E-state index contributed by atoms with van der Waals surface area (Å²) in [4.78, 5) is 9.44. The van der Waals surface area contributed by atoms with Crippen molar-refractivity contribution in [1.82, 2.24) is 20.4 Å². The minimum atomic E-state index is 0.213. The lowest BCUT2D eigenvalue weighted by molar-refractivity contribution is 0.167. The van der Waals surface area contributed by atoms with E-state index >= 15 is 0 Å². The first kappa shape index (κ1) is 23.0. The smallest absolute Gasteiger partial charge is 0.191 e. The van der Waals surface area contributed by atoms with Gasteiger partial charge in [0.2, 0.25) is 0 Å². The number of hydrogen-bond donors (Lipinski definition) is 2. The van der Waals surface area contributed by atoms with Crippen molar-refractivity contribution in [1.29, 1.82) is 0 Å². The first-order valence-electron chi connectivity index (χ1n) is 10.7. The largest absolute Gasteiger partial charge is 0.354 e. The minimum absolute atomic E-state index is 0.213. The molecule has 1 aliphatic rings. The molecule has 1 aliphatic heterocycles. The Balaban J connectivity index is 1.98. The Morgan fingerprint density at radius 2 is 1.86 bits per heavy atom. The molecule has 28 heavy (non-hydrogen) atoms. The van der Waals surface area contributed by atoms with E-state index in [0.29, 0.717) is 12.1 Å². The number of piperidine rings is 1. The van der Waals surface area contributed by atoms with Crippen LogP contribution in [0.4, 0.5) is 0 Å². The van der Waals surface area contributed by atoms with Gasteiger partial charge in [-0.1, -0.05) is 43.6 Å². The molecule has 2 rings (SSSR count). The first-order chi connectivity index (χ1) is 13.5. The van der Waals surface area contributed by atoms with Gasteiger partial charge in [-0.3, -0.25) is 9.89 Å². The van der Waals surface area contributed by atoms with Gasteiger partial charge in [0.25, 0.3) is 0 Å². The number of benzene rings is 1. The van der Waals surface area contributed by atoms with Crippen molar-refractivity contribution in [3.05, 3.63) is 34.9 Å². The van der Waals surface area contributed by atoms with Crippen molar-refractivity contribution in [2.45, 2.75) is 58.7 Å².